The second-order valence-electron chi connectivity index (χ2n) is 6.16. The van der Waals surface area contributed by atoms with Crippen molar-refractivity contribution in [3.05, 3.63) is 52.7 Å². The lowest BCUT2D eigenvalue weighted by molar-refractivity contribution is -0.118. The van der Waals surface area contributed by atoms with Crippen molar-refractivity contribution in [3.63, 3.8) is 0 Å². The number of rotatable bonds is 5. The zero-order valence-corrected chi connectivity index (χ0v) is 16.2. The predicted octanol–water partition coefficient (Wildman–Crippen LogP) is 3.34. The molecule has 142 valence electrons. The molecule has 0 radical (unpaired) electrons. The number of fused-ring (bicyclic) bond motifs is 1. The summed E-state index contributed by atoms with van der Waals surface area (Å²) in [6.07, 6.45) is 0.281. The van der Waals surface area contributed by atoms with Gasteiger partial charge in [0.1, 0.15) is 6.04 Å². The van der Waals surface area contributed by atoms with Crippen molar-refractivity contribution in [3.8, 4) is 10.6 Å². The minimum atomic E-state index is -0.774. The Morgan fingerprint density at radius 3 is 2.82 bits per heavy atom. The highest BCUT2D eigenvalue weighted by molar-refractivity contribution is 7.16. The number of carbonyl (C=O) groups excluding carboxylic acids is 3. The Bertz CT molecular complexity index is 1030. The zero-order chi connectivity index (χ0) is 19.5. The molecule has 28 heavy (non-hydrogen) atoms. The van der Waals surface area contributed by atoms with Gasteiger partial charge in [0.25, 0.3) is 5.91 Å². The van der Waals surface area contributed by atoms with Crippen LogP contribution in [0, 0.1) is 0 Å². The number of nitrogens with one attached hydrogen (secondary N) is 3. The third-order valence-electron chi connectivity index (χ3n) is 4.24. The maximum atomic E-state index is 12.4. The average Bonchev–Trinajstić information content (AvgIpc) is 3.34. The first-order chi connectivity index (χ1) is 13.6. The Balaban J connectivity index is 1.35. The van der Waals surface area contributed by atoms with Gasteiger partial charge < -0.3 is 16.0 Å². The Morgan fingerprint density at radius 2 is 2.00 bits per heavy atom. The quantitative estimate of drug-likeness (QED) is 0.598. The first kappa shape index (κ1) is 18.3. The number of hydrogen-bond acceptors (Lipinski definition) is 6. The van der Waals surface area contributed by atoms with Gasteiger partial charge in [0.15, 0.2) is 5.13 Å². The molecule has 1 atom stereocenters. The SMILES string of the molecule is O=C(CCC1NC(=O)c2ccccc2NC1=O)Nc1nc(-c2cccs2)cs1. The molecular weight excluding hydrogens is 396 g/mol. The lowest BCUT2D eigenvalue weighted by atomic mass is 10.1. The summed E-state index contributed by atoms with van der Waals surface area (Å²) < 4.78 is 0. The van der Waals surface area contributed by atoms with Gasteiger partial charge in [-0.2, -0.15) is 0 Å². The number of carbonyl (C=O) groups is 3. The normalized spacial score (nSPS) is 15.9. The number of amides is 3. The van der Waals surface area contributed by atoms with E-state index in [1.54, 1.807) is 35.6 Å². The molecule has 3 heterocycles. The highest BCUT2D eigenvalue weighted by Gasteiger charge is 2.27. The summed E-state index contributed by atoms with van der Waals surface area (Å²) in [5.74, 6) is -0.920. The van der Waals surface area contributed by atoms with Crippen LogP contribution in [0.1, 0.15) is 23.2 Å². The Hall–Kier alpha value is -3.04. The van der Waals surface area contributed by atoms with Crippen molar-refractivity contribution in [2.24, 2.45) is 0 Å². The van der Waals surface area contributed by atoms with Crippen LogP contribution in [0.3, 0.4) is 0 Å². The molecule has 9 heteroatoms. The lowest BCUT2D eigenvalue weighted by Gasteiger charge is -2.13. The van der Waals surface area contributed by atoms with Gasteiger partial charge >= 0.3 is 0 Å². The molecule has 2 aromatic heterocycles. The van der Waals surface area contributed by atoms with Gasteiger partial charge in [-0.25, -0.2) is 4.98 Å². The minimum Gasteiger partial charge on any atom is -0.340 e. The van der Waals surface area contributed by atoms with Gasteiger partial charge in [0.2, 0.25) is 11.8 Å². The fraction of sp³-hybridized carbons (Fsp3) is 0.158. The highest BCUT2D eigenvalue weighted by atomic mass is 32.1. The summed E-state index contributed by atoms with van der Waals surface area (Å²) >= 11 is 2.93. The lowest BCUT2D eigenvalue weighted by Crippen LogP contribution is -2.41. The van der Waals surface area contributed by atoms with E-state index >= 15 is 0 Å². The minimum absolute atomic E-state index is 0.0859. The van der Waals surface area contributed by atoms with Crippen molar-refractivity contribution < 1.29 is 14.4 Å². The van der Waals surface area contributed by atoms with Gasteiger partial charge in [-0.1, -0.05) is 18.2 Å². The van der Waals surface area contributed by atoms with E-state index in [0.717, 1.165) is 10.6 Å². The van der Waals surface area contributed by atoms with E-state index in [-0.39, 0.29) is 30.6 Å². The zero-order valence-electron chi connectivity index (χ0n) is 14.6. The molecule has 1 unspecified atom stereocenters. The summed E-state index contributed by atoms with van der Waals surface area (Å²) in [4.78, 5) is 42.4. The smallest absolute Gasteiger partial charge is 0.254 e. The molecule has 3 N–H and O–H groups in total. The van der Waals surface area contributed by atoms with E-state index in [2.05, 4.69) is 20.9 Å². The molecule has 3 aromatic rings. The van der Waals surface area contributed by atoms with Crippen molar-refractivity contribution in [1.82, 2.24) is 10.3 Å². The standard InChI is InChI=1S/C19H16N4O3S2/c24-16(23-19-22-14(10-28-19)15-6-3-9-27-15)8-7-13-18(26)20-12-5-2-1-4-11(12)17(25)21-13/h1-6,9-10,13H,7-8H2,(H,20,26)(H,21,25)(H,22,23,24). The van der Waals surface area contributed by atoms with Crippen molar-refractivity contribution in [1.29, 1.82) is 0 Å². The van der Waals surface area contributed by atoms with E-state index in [9.17, 15) is 14.4 Å². The maximum absolute atomic E-state index is 12.4. The molecule has 1 aliphatic heterocycles. The number of thiazole rings is 1. The Labute approximate surface area is 168 Å². The largest absolute Gasteiger partial charge is 0.340 e. The third-order valence-corrected chi connectivity index (χ3v) is 5.89. The number of hydrogen-bond donors (Lipinski definition) is 3. The van der Waals surface area contributed by atoms with Crippen LogP contribution in [-0.2, 0) is 9.59 Å². The summed E-state index contributed by atoms with van der Waals surface area (Å²) in [6.45, 7) is 0. The summed E-state index contributed by atoms with van der Waals surface area (Å²) in [5.41, 5.74) is 1.70. The van der Waals surface area contributed by atoms with Crippen molar-refractivity contribution in [2.75, 3.05) is 10.6 Å². The number of thiophene rings is 1. The fourth-order valence-electron chi connectivity index (χ4n) is 2.84. The van der Waals surface area contributed by atoms with E-state index in [1.807, 2.05) is 22.9 Å². The van der Waals surface area contributed by atoms with E-state index in [1.165, 1.54) is 11.3 Å². The van der Waals surface area contributed by atoms with Crippen LogP contribution in [0.5, 0.6) is 0 Å². The van der Waals surface area contributed by atoms with Crippen molar-refractivity contribution in [2.45, 2.75) is 18.9 Å². The molecule has 0 bridgehead atoms. The van der Waals surface area contributed by atoms with E-state index in [0.29, 0.717) is 16.4 Å². The molecule has 7 nitrogen and oxygen atoms in total. The number of anilines is 2. The van der Waals surface area contributed by atoms with Gasteiger partial charge in [-0.05, 0) is 30.0 Å². The van der Waals surface area contributed by atoms with Crippen molar-refractivity contribution >= 4 is 51.2 Å². The summed E-state index contributed by atoms with van der Waals surface area (Å²) in [6, 6.07) is 9.95. The molecular formula is C19H16N4O3S2. The Kier molecular flexibility index (Phi) is 5.18. The number of para-hydroxylation sites is 1. The van der Waals surface area contributed by atoms with Crippen LogP contribution in [-0.4, -0.2) is 28.7 Å². The summed E-state index contributed by atoms with van der Waals surface area (Å²) in [7, 11) is 0. The molecule has 3 amide bonds. The monoisotopic (exact) mass is 412 g/mol. The molecule has 0 fully saturated rings. The number of benzene rings is 1. The van der Waals surface area contributed by atoms with Crippen LogP contribution in [0.25, 0.3) is 10.6 Å². The first-order valence-corrected chi connectivity index (χ1v) is 10.4. The van der Waals surface area contributed by atoms with E-state index < -0.39 is 6.04 Å². The van der Waals surface area contributed by atoms with E-state index in [4.69, 9.17) is 0 Å². The van der Waals surface area contributed by atoms with Crippen LogP contribution < -0.4 is 16.0 Å². The molecule has 1 aromatic carbocycles. The Morgan fingerprint density at radius 1 is 1.14 bits per heavy atom. The second kappa shape index (κ2) is 7.91. The van der Waals surface area contributed by atoms with Gasteiger partial charge in [-0.3, -0.25) is 14.4 Å². The molecule has 1 aliphatic rings. The topological polar surface area (TPSA) is 100 Å². The molecule has 0 spiro atoms. The number of aromatic nitrogens is 1. The van der Waals surface area contributed by atoms with Gasteiger partial charge in [-0.15, -0.1) is 22.7 Å². The van der Waals surface area contributed by atoms with Crippen LogP contribution in [0.4, 0.5) is 10.8 Å². The molecule has 0 saturated carbocycles. The van der Waals surface area contributed by atoms with Crippen LogP contribution in [0.2, 0.25) is 0 Å². The average molecular weight is 412 g/mol. The molecule has 4 rings (SSSR count). The van der Waals surface area contributed by atoms with Gasteiger partial charge in [0, 0.05) is 11.8 Å². The fourth-order valence-corrected chi connectivity index (χ4v) is 4.33. The van der Waals surface area contributed by atoms with Crippen LogP contribution >= 0.6 is 22.7 Å². The first-order valence-electron chi connectivity index (χ1n) is 8.60. The highest BCUT2D eigenvalue weighted by Crippen LogP contribution is 2.28. The molecule has 0 saturated heterocycles. The molecule has 0 aliphatic carbocycles. The third kappa shape index (κ3) is 3.95. The van der Waals surface area contributed by atoms with Gasteiger partial charge in [0.05, 0.1) is 21.8 Å². The predicted molar refractivity (Wildman–Crippen MR) is 110 cm³/mol. The maximum Gasteiger partial charge on any atom is 0.254 e. The number of nitrogens with zero attached hydrogens (tertiary/aromatic N) is 1. The van der Waals surface area contributed by atoms with Crippen LogP contribution in [0.15, 0.2) is 47.2 Å². The summed E-state index contributed by atoms with van der Waals surface area (Å²) in [5, 5.41) is 12.5. The second-order valence-corrected chi connectivity index (χ2v) is 7.97.